The number of rotatable bonds is 8. The van der Waals surface area contributed by atoms with Crippen LogP contribution in [0, 0.1) is 5.92 Å². The summed E-state index contributed by atoms with van der Waals surface area (Å²) < 4.78 is 7.58. The van der Waals surface area contributed by atoms with Crippen molar-refractivity contribution in [1.82, 2.24) is 19.7 Å². The zero-order valence-corrected chi connectivity index (χ0v) is 17.4. The third kappa shape index (κ3) is 4.94. The highest BCUT2D eigenvalue weighted by molar-refractivity contribution is 7.99. The average Bonchev–Trinajstić information content (AvgIpc) is 3.31. The predicted molar refractivity (Wildman–Crippen MR) is 108 cm³/mol. The molecule has 0 bridgehead atoms. The largest absolute Gasteiger partial charge is 0.461 e. The van der Waals surface area contributed by atoms with Gasteiger partial charge in [-0.25, -0.2) is 0 Å². The minimum absolute atomic E-state index is 0.202. The van der Waals surface area contributed by atoms with Crippen molar-refractivity contribution in [3.63, 3.8) is 0 Å². The van der Waals surface area contributed by atoms with Gasteiger partial charge in [-0.05, 0) is 37.8 Å². The Morgan fingerprint density at radius 3 is 2.74 bits per heavy atom. The number of thioether (sulfide) groups is 1. The van der Waals surface area contributed by atoms with Crippen LogP contribution in [0.1, 0.15) is 52.9 Å². The topological polar surface area (TPSA) is 64.2 Å². The number of aromatic nitrogens is 3. The Labute approximate surface area is 165 Å². The quantitative estimate of drug-likeness (QED) is 0.622. The van der Waals surface area contributed by atoms with Crippen LogP contribution in [-0.2, 0) is 11.3 Å². The summed E-state index contributed by atoms with van der Waals surface area (Å²) >= 11 is 1.48. The maximum absolute atomic E-state index is 12.8. The Morgan fingerprint density at radius 2 is 2.11 bits per heavy atom. The fourth-order valence-corrected chi connectivity index (χ4v) is 4.59. The number of carbonyl (C=O) groups is 1. The Kier molecular flexibility index (Phi) is 6.99. The van der Waals surface area contributed by atoms with Crippen molar-refractivity contribution in [2.45, 2.75) is 70.6 Å². The van der Waals surface area contributed by atoms with E-state index in [0.717, 1.165) is 36.9 Å². The molecule has 0 atom stereocenters. The van der Waals surface area contributed by atoms with Gasteiger partial charge in [-0.3, -0.25) is 9.36 Å². The third-order valence-corrected chi connectivity index (χ3v) is 5.96. The first kappa shape index (κ1) is 20.0. The van der Waals surface area contributed by atoms with Crippen LogP contribution in [-0.4, -0.2) is 43.9 Å². The van der Waals surface area contributed by atoms with Gasteiger partial charge in [0.2, 0.25) is 5.91 Å². The highest BCUT2D eigenvalue weighted by atomic mass is 32.2. The van der Waals surface area contributed by atoms with E-state index in [-0.39, 0.29) is 5.91 Å². The summed E-state index contributed by atoms with van der Waals surface area (Å²) in [7, 11) is 0. The van der Waals surface area contributed by atoms with Crippen molar-refractivity contribution in [2.24, 2.45) is 5.92 Å². The molecule has 1 aliphatic rings. The van der Waals surface area contributed by atoms with Crippen molar-refractivity contribution in [2.75, 3.05) is 12.3 Å². The highest BCUT2D eigenvalue weighted by Crippen LogP contribution is 2.27. The number of furan rings is 1. The van der Waals surface area contributed by atoms with Crippen LogP contribution in [0.2, 0.25) is 0 Å². The van der Waals surface area contributed by atoms with Crippen molar-refractivity contribution in [1.29, 1.82) is 0 Å². The Morgan fingerprint density at radius 1 is 1.33 bits per heavy atom. The van der Waals surface area contributed by atoms with Crippen LogP contribution < -0.4 is 0 Å². The molecule has 27 heavy (non-hydrogen) atoms. The van der Waals surface area contributed by atoms with Crippen molar-refractivity contribution >= 4 is 17.7 Å². The lowest BCUT2D eigenvalue weighted by atomic mass is 9.94. The lowest BCUT2D eigenvalue weighted by Crippen LogP contribution is -2.42. The van der Waals surface area contributed by atoms with Crippen LogP contribution in [0.5, 0.6) is 0 Å². The van der Waals surface area contributed by atoms with Gasteiger partial charge < -0.3 is 9.32 Å². The molecule has 2 aromatic heterocycles. The molecule has 0 unspecified atom stereocenters. The SMILES string of the molecule is CCN(C(=O)CSc1nnc(-c2ccco2)n1CC(C)C)C1CCCCC1. The fourth-order valence-electron chi connectivity index (χ4n) is 3.75. The highest BCUT2D eigenvalue weighted by Gasteiger charge is 2.25. The summed E-state index contributed by atoms with van der Waals surface area (Å²) in [5, 5.41) is 9.44. The second-order valence-electron chi connectivity index (χ2n) is 7.55. The van der Waals surface area contributed by atoms with Gasteiger partial charge in [0.05, 0.1) is 12.0 Å². The van der Waals surface area contributed by atoms with Gasteiger partial charge in [-0.2, -0.15) is 0 Å². The molecule has 1 amide bonds. The van der Waals surface area contributed by atoms with Crippen LogP contribution in [0.15, 0.2) is 28.0 Å². The minimum Gasteiger partial charge on any atom is -0.461 e. The van der Waals surface area contributed by atoms with Crippen molar-refractivity contribution in [3.8, 4) is 11.6 Å². The lowest BCUT2D eigenvalue weighted by Gasteiger charge is -2.33. The maximum Gasteiger partial charge on any atom is 0.233 e. The zero-order chi connectivity index (χ0) is 19.2. The molecule has 1 fully saturated rings. The molecule has 1 saturated carbocycles. The molecule has 2 heterocycles. The third-order valence-electron chi connectivity index (χ3n) is 5.01. The molecule has 0 spiro atoms. The van der Waals surface area contributed by atoms with E-state index < -0.39 is 0 Å². The molecular weight excluding hydrogens is 360 g/mol. The van der Waals surface area contributed by atoms with Crippen molar-refractivity contribution in [3.05, 3.63) is 18.4 Å². The van der Waals surface area contributed by atoms with Crippen LogP contribution in [0.25, 0.3) is 11.6 Å². The zero-order valence-electron chi connectivity index (χ0n) is 16.6. The number of nitrogens with zero attached hydrogens (tertiary/aromatic N) is 4. The number of hydrogen-bond acceptors (Lipinski definition) is 5. The first-order chi connectivity index (χ1) is 13.1. The normalized spacial score (nSPS) is 15.4. The van der Waals surface area contributed by atoms with Gasteiger partial charge in [0, 0.05) is 19.1 Å². The van der Waals surface area contributed by atoms with E-state index in [4.69, 9.17) is 4.42 Å². The average molecular weight is 391 g/mol. The molecule has 148 valence electrons. The van der Waals surface area contributed by atoms with Gasteiger partial charge in [0.25, 0.3) is 0 Å². The molecule has 3 rings (SSSR count). The summed E-state index contributed by atoms with van der Waals surface area (Å²) in [5.74, 6) is 2.48. The Hall–Kier alpha value is -1.76. The summed E-state index contributed by atoms with van der Waals surface area (Å²) in [6.07, 6.45) is 7.68. The van der Waals surface area contributed by atoms with Crippen LogP contribution in [0.4, 0.5) is 0 Å². The Balaban J connectivity index is 1.70. The van der Waals surface area contributed by atoms with E-state index in [9.17, 15) is 4.79 Å². The molecule has 0 radical (unpaired) electrons. The van der Waals surface area contributed by atoms with E-state index >= 15 is 0 Å². The lowest BCUT2D eigenvalue weighted by molar-refractivity contribution is -0.131. The molecule has 6 nitrogen and oxygen atoms in total. The van der Waals surface area contributed by atoms with E-state index in [2.05, 4.69) is 40.4 Å². The monoisotopic (exact) mass is 390 g/mol. The fraction of sp³-hybridized carbons (Fsp3) is 0.650. The summed E-state index contributed by atoms with van der Waals surface area (Å²) in [5.41, 5.74) is 0. The van der Waals surface area contributed by atoms with E-state index in [1.165, 1.54) is 31.0 Å². The molecule has 7 heteroatoms. The molecule has 0 aromatic carbocycles. The number of hydrogen-bond donors (Lipinski definition) is 0. The summed E-state index contributed by atoms with van der Waals surface area (Å²) in [4.78, 5) is 14.9. The number of carbonyl (C=O) groups excluding carboxylic acids is 1. The molecular formula is C20H30N4O2S. The smallest absolute Gasteiger partial charge is 0.233 e. The maximum atomic E-state index is 12.8. The van der Waals surface area contributed by atoms with Crippen LogP contribution >= 0.6 is 11.8 Å². The van der Waals surface area contributed by atoms with E-state index in [0.29, 0.717) is 23.5 Å². The van der Waals surface area contributed by atoms with Gasteiger partial charge >= 0.3 is 0 Å². The standard InChI is InChI=1S/C20H30N4O2S/c1-4-23(16-9-6-5-7-10-16)18(25)14-27-20-22-21-19(17-11-8-12-26-17)24(20)13-15(2)3/h8,11-12,15-16H,4-7,9-10,13-14H2,1-3H3. The Bertz CT molecular complexity index is 720. The van der Waals surface area contributed by atoms with Gasteiger partial charge in [-0.1, -0.05) is 44.9 Å². The van der Waals surface area contributed by atoms with Crippen molar-refractivity contribution < 1.29 is 9.21 Å². The van der Waals surface area contributed by atoms with E-state index in [1.54, 1.807) is 6.26 Å². The van der Waals surface area contributed by atoms with Gasteiger partial charge in [-0.15, -0.1) is 10.2 Å². The molecule has 0 aliphatic heterocycles. The van der Waals surface area contributed by atoms with Gasteiger partial charge in [0.1, 0.15) is 0 Å². The molecule has 2 aromatic rings. The van der Waals surface area contributed by atoms with E-state index in [1.807, 2.05) is 12.1 Å². The first-order valence-corrected chi connectivity index (χ1v) is 11.0. The van der Waals surface area contributed by atoms with Crippen LogP contribution in [0.3, 0.4) is 0 Å². The summed E-state index contributed by atoms with van der Waals surface area (Å²) in [6, 6.07) is 4.15. The predicted octanol–water partition coefficient (Wildman–Crippen LogP) is 4.47. The molecule has 1 aliphatic carbocycles. The summed E-state index contributed by atoms with van der Waals surface area (Å²) in [6.45, 7) is 7.97. The molecule has 0 saturated heterocycles. The first-order valence-electron chi connectivity index (χ1n) is 9.99. The second kappa shape index (κ2) is 9.44. The second-order valence-corrected chi connectivity index (χ2v) is 8.49. The molecule has 0 N–H and O–H groups in total. The number of amides is 1. The minimum atomic E-state index is 0.202. The van der Waals surface area contributed by atoms with Gasteiger partial charge in [0.15, 0.2) is 16.7 Å².